The fourth-order valence-electron chi connectivity index (χ4n) is 0.736. The van der Waals surface area contributed by atoms with Gasteiger partial charge in [-0.25, -0.2) is 0 Å². The third-order valence-electron chi connectivity index (χ3n) is 1.70. The van der Waals surface area contributed by atoms with Crippen LogP contribution in [0.3, 0.4) is 0 Å². The first-order valence-corrected chi connectivity index (χ1v) is 5.18. The summed E-state index contributed by atoms with van der Waals surface area (Å²) in [6.07, 6.45) is 0. The van der Waals surface area contributed by atoms with E-state index in [0.29, 0.717) is 0 Å². The summed E-state index contributed by atoms with van der Waals surface area (Å²) in [6.45, 7) is 1.01. The van der Waals surface area contributed by atoms with Crippen molar-refractivity contribution in [2.45, 2.75) is 19.0 Å². The molecule has 0 spiro atoms. The van der Waals surface area contributed by atoms with Gasteiger partial charge < -0.3 is 21.5 Å². The molecule has 16 heavy (non-hydrogen) atoms. The Kier molecular flexibility index (Phi) is 6.50. The number of nitrogens with two attached hydrogens (primary N) is 1. The predicted octanol–water partition coefficient (Wildman–Crippen LogP) is -2.05. The highest BCUT2D eigenvalue weighted by atomic mass is 32.1. The molecule has 92 valence electrons. The molecule has 0 aliphatic rings. The van der Waals surface area contributed by atoms with Gasteiger partial charge in [0.05, 0.1) is 12.6 Å². The summed E-state index contributed by atoms with van der Waals surface area (Å²) in [5, 5.41) is 12.9. The van der Waals surface area contributed by atoms with Crippen LogP contribution < -0.4 is 16.4 Å². The number of carboxylic acids is 1. The van der Waals surface area contributed by atoms with Crippen molar-refractivity contribution in [3.05, 3.63) is 0 Å². The van der Waals surface area contributed by atoms with Crippen LogP contribution in [-0.4, -0.2) is 47.3 Å². The normalized spacial score (nSPS) is 13.7. The highest BCUT2D eigenvalue weighted by Crippen LogP contribution is 1.84. The Bertz CT molecular complexity index is 284. The second kappa shape index (κ2) is 7.07. The molecule has 0 aromatic carbocycles. The van der Waals surface area contributed by atoms with E-state index in [1.54, 1.807) is 0 Å². The lowest BCUT2D eigenvalue weighted by molar-refractivity contribution is -0.141. The van der Waals surface area contributed by atoms with E-state index in [1.165, 1.54) is 6.92 Å². The van der Waals surface area contributed by atoms with Crippen LogP contribution in [0.5, 0.6) is 0 Å². The Morgan fingerprint density at radius 3 is 2.44 bits per heavy atom. The molecule has 0 aliphatic carbocycles. The van der Waals surface area contributed by atoms with Gasteiger partial charge in [0, 0.05) is 5.75 Å². The van der Waals surface area contributed by atoms with Gasteiger partial charge in [-0.15, -0.1) is 0 Å². The topological polar surface area (TPSA) is 122 Å². The summed E-state index contributed by atoms with van der Waals surface area (Å²) in [5.41, 5.74) is 5.34. The molecule has 8 heteroatoms. The largest absolute Gasteiger partial charge is 0.480 e. The zero-order chi connectivity index (χ0) is 12.7. The van der Waals surface area contributed by atoms with Crippen LogP contribution in [0.4, 0.5) is 0 Å². The van der Waals surface area contributed by atoms with Gasteiger partial charge in [-0.2, -0.15) is 12.6 Å². The van der Waals surface area contributed by atoms with Gasteiger partial charge in [-0.3, -0.25) is 14.4 Å². The summed E-state index contributed by atoms with van der Waals surface area (Å²) >= 11 is 3.82. The molecule has 0 saturated carbocycles. The maximum atomic E-state index is 11.1. The van der Waals surface area contributed by atoms with Gasteiger partial charge in [0.1, 0.15) is 6.04 Å². The van der Waals surface area contributed by atoms with E-state index < -0.39 is 29.9 Å². The molecule has 0 rings (SSSR count). The van der Waals surface area contributed by atoms with Crippen molar-refractivity contribution in [3.8, 4) is 0 Å². The average molecular weight is 249 g/mol. The van der Waals surface area contributed by atoms with E-state index in [4.69, 9.17) is 10.8 Å². The molecule has 2 atom stereocenters. The quantitative estimate of drug-likeness (QED) is 0.347. The van der Waals surface area contributed by atoms with Gasteiger partial charge in [0.2, 0.25) is 11.8 Å². The SMILES string of the molecule is CC(NC(=O)CNC(=O)C(N)CS)C(=O)O. The van der Waals surface area contributed by atoms with Crippen LogP contribution in [0.15, 0.2) is 0 Å². The minimum absolute atomic E-state index is 0.166. The first-order chi connectivity index (χ1) is 7.38. The maximum Gasteiger partial charge on any atom is 0.325 e. The smallest absolute Gasteiger partial charge is 0.325 e. The molecule has 0 fully saturated rings. The van der Waals surface area contributed by atoms with Crippen molar-refractivity contribution in [1.82, 2.24) is 10.6 Å². The molecular weight excluding hydrogens is 234 g/mol. The second-order valence-corrected chi connectivity index (χ2v) is 3.50. The minimum Gasteiger partial charge on any atom is -0.480 e. The third kappa shape index (κ3) is 5.56. The lowest BCUT2D eigenvalue weighted by Gasteiger charge is -2.11. The minimum atomic E-state index is -1.15. The molecule has 0 aromatic heterocycles. The number of carbonyl (C=O) groups is 3. The van der Waals surface area contributed by atoms with E-state index in [-0.39, 0.29) is 12.3 Å². The van der Waals surface area contributed by atoms with Crippen LogP contribution in [0.2, 0.25) is 0 Å². The fraction of sp³-hybridized carbons (Fsp3) is 0.625. The number of rotatable bonds is 6. The van der Waals surface area contributed by atoms with Crippen molar-refractivity contribution in [1.29, 1.82) is 0 Å². The standard InChI is InChI=1S/C8H15N3O4S/c1-4(8(14)15)11-6(12)2-10-7(13)5(9)3-16/h4-5,16H,2-3,9H2,1H3,(H,10,13)(H,11,12)(H,14,15). The predicted molar refractivity (Wildman–Crippen MR) is 60.1 cm³/mol. The van der Waals surface area contributed by atoms with E-state index in [1.807, 2.05) is 0 Å². The number of carbonyl (C=O) groups excluding carboxylic acids is 2. The Labute approximate surface area is 98.2 Å². The first kappa shape index (κ1) is 14.7. The van der Waals surface area contributed by atoms with Crippen molar-refractivity contribution in [2.24, 2.45) is 5.73 Å². The number of nitrogens with one attached hydrogen (secondary N) is 2. The molecule has 0 bridgehead atoms. The molecule has 0 aromatic rings. The summed E-state index contributed by atoms with van der Waals surface area (Å²) in [5.74, 6) is -2.08. The number of carboxylic acid groups (broad SMARTS) is 1. The summed E-state index contributed by atoms with van der Waals surface area (Å²) in [7, 11) is 0. The third-order valence-corrected chi connectivity index (χ3v) is 2.10. The molecule has 2 unspecified atom stereocenters. The van der Waals surface area contributed by atoms with Crippen LogP contribution >= 0.6 is 12.6 Å². The van der Waals surface area contributed by atoms with Crippen LogP contribution in [0, 0.1) is 0 Å². The summed E-state index contributed by atoms with van der Waals surface area (Å²) in [4.78, 5) is 32.6. The molecule has 0 radical (unpaired) electrons. The molecule has 0 saturated heterocycles. The molecule has 2 amide bonds. The van der Waals surface area contributed by atoms with Gasteiger partial charge >= 0.3 is 5.97 Å². The van der Waals surface area contributed by atoms with Gasteiger partial charge in [-0.1, -0.05) is 0 Å². The van der Waals surface area contributed by atoms with Gasteiger partial charge in [0.15, 0.2) is 0 Å². The number of thiol groups is 1. The average Bonchev–Trinajstić information content (AvgIpc) is 2.24. The summed E-state index contributed by atoms with van der Waals surface area (Å²) < 4.78 is 0. The van der Waals surface area contributed by atoms with Crippen molar-refractivity contribution >= 4 is 30.4 Å². The lowest BCUT2D eigenvalue weighted by atomic mass is 10.3. The van der Waals surface area contributed by atoms with E-state index >= 15 is 0 Å². The second-order valence-electron chi connectivity index (χ2n) is 3.13. The monoisotopic (exact) mass is 249 g/mol. The molecular formula is C8H15N3O4S. The number of amides is 2. The molecule has 0 heterocycles. The Morgan fingerprint density at radius 1 is 1.44 bits per heavy atom. The molecule has 5 N–H and O–H groups in total. The Morgan fingerprint density at radius 2 is 2.00 bits per heavy atom. The van der Waals surface area contributed by atoms with Gasteiger partial charge in [0.25, 0.3) is 0 Å². The van der Waals surface area contributed by atoms with Crippen LogP contribution in [0.25, 0.3) is 0 Å². The molecule has 7 nitrogen and oxygen atoms in total. The highest BCUT2D eigenvalue weighted by molar-refractivity contribution is 7.80. The van der Waals surface area contributed by atoms with Crippen molar-refractivity contribution in [3.63, 3.8) is 0 Å². The zero-order valence-electron chi connectivity index (χ0n) is 8.77. The zero-order valence-corrected chi connectivity index (χ0v) is 9.66. The maximum absolute atomic E-state index is 11.1. The fourth-order valence-corrected chi connectivity index (χ4v) is 0.901. The number of hydrogen-bond acceptors (Lipinski definition) is 5. The lowest BCUT2D eigenvalue weighted by Crippen LogP contribution is -2.48. The van der Waals surface area contributed by atoms with E-state index in [9.17, 15) is 14.4 Å². The number of aliphatic carboxylic acids is 1. The van der Waals surface area contributed by atoms with Crippen molar-refractivity contribution < 1.29 is 19.5 Å². The molecule has 0 aliphatic heterocycles. The van der Waals surface area contributed by atoms with Crippen LogP contribution in [-0.2, 0) is 14.4 Å². The first-order valence-electron chi connectivity index (χ1n) is 4.54. The van der Waals surface area contributed by atoms with Gasteiger partial charge in [-0.05, 0) is 6.92 Å². The van der Waals surface area contributed by atoms with Crippen LogP contribution in [0.1, 0.15) is 6.92 Å². The van der Waals surface area contributed by atoms with E-state index in [2.05, 4.69) is 23.3 Å². The summed E-state index contributed by atoms with van der Waals surface area (Å²) in [6, 6.07) is -1.78. The van der Waals surface area contributed by atoms with E-state index in [0.717, 1.165) is 0 Å². The Hall–Kier alpha value is -1.28. The number of hydrogen-bond donors (Lipinski definition) is 5. The Balaban J connectivity index is 3.90. The highest BCUT2D eigenvalue weighted by Gasteiger charge is 2.16. The van der Waals surface area contributed by atoms with Crippen molar-refractivity contribution in [2.75, 3.05) is 12.3 Å².